The first-order chi connectivity index (χ1) is 9.49. The average molecular weight is 286 g/mol. The van der Waals surface area contributed by atoms with Gasteiger partial charge in [-0.1, -0.05) is 0 Å². The van der Waals surface area contributed by atoms with Gasteiger partial charge in [0.25, 0.3) is 0 Å². The Morgan fingerprint density at radius 3 is 2.60 bits per heavy atom. The lowest BCUT2D eigenvalue weighted by Crippen LogP contribution is -2.30. The number of methoxy groups -OCH3 is 1. The maximum absolute atomic E-state index is 10.9. The molecule has 0 aromatic carbocycles. The molecule has 20 heavy (non-hydrogen) atoms. The molecule has 8 heteroatoms. The van der Waals surface area contributed by atoms with Crippen molar-refractivity contribution in [1.29, 1.82) is 0 Å². The molecule has 4 N–H and O–H groups in total. The van der Waals surface area contributed by atoms with Crippen molar-refractivity contribution < 1.29 is 29.6 Å². The van der Waals surface area contributed by atoms with E-state index in [-0.39, 0.29) is 6.54 Å². The molecule has 0 heterocycles. The summed E-state index contributed by atoms with van der Waals surface area (Å²) in [5, 5.41) is 29.3. The van der Waals surface area contributed by atoms with Crippen molar-refractivity contribution >= 4 is 17.7 Å². The Bertz CT molecular complexity index is 443. The number of carboxylic acid groups (broad SMARTS) is 2. The second kappa shape index (κ2) is 7.49. The molecule has 112 valence electrons. The van der Waals surface area contributed by atoms with E-state index < -0.39 is 24.6 Å². The molecule has 1 atom stereocenters. The fourth-order valence-electron chi connectivity index (χ4n) is 1.91. The Balaban J connectivity index is 3.00. The number of aliphatic hydroxyl groups is 1. The van der Waals surface area contributed by atoms with Gasteiger partial charge in [0.15, 0.2) is 11.8 Å². The Labute approximate surface area is 115 Å². The molecule has 1 aliphatic carbocycles. The van der Waals surface area contributed by atoms with Crippen LogP contribution in [0.5, 0.6) is 0 Å². The number of hydrogen-bond donors (Lipinski definition) is 4. The fraction of sp³-hybridized carbons (Fsp3) is 0.583. The van der Waals surface area contributed by atoms with Crippen molar-refractivity contribution in [1.82, 2.24) is 5.32 Å². The van der Waals surface area contributed by atoms with E-state index in [0.717, 1.165) is 0 Å². The van der Waals surface area contributed by atoms with Gasteiger partial charge >= 0.3 is 11.9 Å². The topological polar surface area (TPSA) is 128 Å². The predicted molar refractivity (Wildman–Crippen MR) is 69.5 cm³/mol. The zero-order chi connectivity index (χ0) is 15.1. The van der Waals surface area contributed by atoms with Gasteiger partial charge in [-0.3, -0.25) is 9.79 Å². The van der Waals surface area contributed by atoms with E-state index in [9.17, 15) is 9.59 Å². The van der Waals surface area contributed by atoms with Crippen molar-refractivity contribution in [3.63, 3.8) is 0 Å². The Morgan fingerprint density at radius 1 is 1.40 bits per heavy atom. The van der Waals surface area contributed by atoms with Crippen LogP contribution in [0.15, 0.2) is 16.4 Å². The summed E-state index contributed by atoms with van der Waals surface area (Å²) in [7, 11) is 1.41. The lowest BCUT2D eigenvalue weighted by molar-refractivity contribution is -0.139. The molecule has 0 spiro atoms. The van der Waals surface area contributed by atoms with Gasteiger partial charge in [-0.25, -0.2) is 4.79 Å². The van der Waals surface area contributed by atoms with Crippen LogP contribution in [-0.2, 0) is 14.3 Å². The summed E-state index contributed by atoms with van der Waals surface area (Å²) in [6.07, 6.45) is 1.82. The first-order valence-corrected chi connectivity index (χ1v) is 6.13. The number of aliphatic hydroxyl groups excluding tert-OH is 1. The van der Waals surface area contributed by atoms with Gasteiger partial charge in [-0.2, -0.15) is 0 Å². The number of carboxylic acids is 2. The highest BCUT2D eigenvalue weighted by atomic mass is 16.5. The molecule has 0 aromatic heterocycles. The number of aliphatic carboxylic acids is 2. The van der Waals surface area contributed by atoms with Gasteiger partial charge in [0, 0.05) is 0 Å². The number of hydrogen-bond acceptors (Lipinski definition) is 6. The second-order valence-electron chi connectivity index (χ2n) is 4.23. The van der Waals surface area contributed by atoms with Crippen LogP contribution >= 0.6 is 0 Å². The minimum Gasteiger partial charge on any atom is -0.493 e. The summed E-state index contributed by atoms with van der Waals surface area (Å²) in [5.41, 5.74) is 1.01. The number of allylic oxidation sites excluding steroid dienone is 2. The Kier molecular flexibility index (Phi) is 5.98. The van der Waals surface area contributed by atoms with Crippen LogP contribution in [-0.4, -0.2) is 59.3 Å². The molecule has 0 fully saturated rings. The maximum atomic E-state index is 10.9. The van der Waals surface area contributed by atoms with E-state index >= 15 is 0 Å². The van der Waals surface area contributed by atoms with E-state index in [1.807, 2.05) is 0 Å². The predicted octanol–water partition coefficient (Wildman–Crippen LogP) is -0.411. The van der Waals surface area contributed by atoms with Crippen LogP contribution in [0.2, 0.25) is 0 Å². The molecular weight excluding hydrogens is 268 g/mol. The normalized spacial score (nSPS) is 18.8. The Hall–Kier alpha value is -2.09. The molecule has 1 aliphatic rings. The largest absolute Gasteiger partial charge is 0.493 e. The minimum absolute atomic E-state index is 0.252. The van der Waals surface area contributed by atoms with Crippen LogP contribution in [0.1, 0.15) is 19.3 Å². The highest BCUT2D eigenvalue weighted by Crippen LogP contribution is 2.22. The third kappa shape index (κ3) is 4.23. The second-order valence-corrected chi connectivity index (χ2v) is 4.23. The summed E-state index contributed by atoms with van der Waals surface area (Å²) in [6.45, 7) is -0.856. The molecular formula is C12H18N2O6. The summed E-state index contributed by atoms with van der Waals surface area (Å²) >= 11 is 0. The third-order valence-corrected chi connectivity index (χ3v) is 2.80. The monoisotopic (exact) mass is 286 g/mol. The van der Waals surface area contributed by atoms with Gasteiger partial charge in [-0.05, 0) is 19.3 Å². The lowest BCUT2D eigenvalue weighted by Gasteiger charge is -2.22. The summed E-state index contributed by atoms with van der Waals surface area (Å²) < 4.78 is 5.19. The van der Waals surface area contributed by atoms with Gasteiger partial charge in [0.05, 0.1) is 25.1 Å². The third-order valence-electron chi connectivity index (χ3n) is 2.80. The van der Waals surface area contributed by atoms with Crippen LogP contribution in [0.25, 0.3) is 0 Å². The van der Waals surface area contributed by atoms with Gasteiger partial charge in [-0.15, -0.1) is 0 Å². The highest BCUT2D eigenvalue weighted by molar-refractivity contribution is 6.01. The van der Waals surface area contributed by atoms with E-state index in [0.29, 0.717) is 36.4 Å². The quantitative estimate of drug-likeness (QED) is 0.500. The van der Waals surface area contributed by atoms with Crippen molar-refractivity contribution in [2.24, 2.45) is 4.99 Å². The first kappa shape index (κ1) is 16.0. The van der Waals surface area contributed by atoms with Crippen molar-refractivity contribution in [2.75, 3.05) is 20.3 Å². The number of ether oxygens (including phenoxy) is 1. The molecule has 0 aliphatic heterocycles. The van der Waals surface area contributed by atoms with Gasteiger partial charge in [0.1, 0.15) is 6.54 Å². The number of nitrogens with one attached hydrogen (secondary N) is 1. The van der Waals surface area contributed by atoms with E-state index in [1.54, 1.807) is 0 Å². The number of nitrogens with zero attached hydrogens (tertiary/aromatic N) is 1. The molecule has 0 bridgehead atoms. The molecule has 0 unspecified atom stereocenters. The minimum atomic E-state index is -1.24. The molecule has 0 saturated carbocycles. The first-order valence-electron chi connectivity index (χ1n) is 6.13. The van der Waals surface area contributed by atoms with E-state index in [4.69, 9.17) is 20.1 Å². The van der Waals surface area contributed by atoms with Crippen molar-refractivity contribution in [3.8, 4) is 0 Å². The fourth-order valence-corrected chi connectivity index (χ4v) is 1.91. The summed E-state index contributed by atoms with van der Waals surface area (Å²) in [4.78, 5) is 25.4. The van der Waals surface area contributed by atoms with Crippen LogP contribution < -0.4 is 5.32 Å². The zero-order valence-electron chi connectivity index (χ0n) is 11.1. The molecule has 0 saturated heterocycles. The zero-order valence-corrected chi connectivity index (χ0v) is 11.1. The summed E-state index contributed by atoms with van der Waals surface area (Å²) in [6, 6.07) is -1.24. The molecule has 0 amide bonds. The maximum Gasteiger partial charge on any atom is 0.330 e. The molecule has 8 nitrogen and oxygen atoms in total. The smallest absolute Gasteiger partial charge is 0.330 e. The lowest BCUT2D eigenvalue weighted by atomic mass is 10.00. The molecule has 1 rings (SSSR count). The standard InChI is InChI=1S/C12H18N2O6/c1-20-11-7(13-5-10(16)17)3-2-4-8(11)14-9(6-15)12(18)19/h9,13,15H,2-6H2,1H3,(H,16,17)(H,18,19)/b14-8-/t9-/m1/s1. The SMILES string of the molecule is COC1=C(NCC(=O)O)CCC/C1=N/[C@H](CO)C(=O)O. The van der Waals surface area contributed by atoms with Crippen LogP contribution in [0.4, 0.5) is 0 Å². The van der Waals surface area contributed by atoms with Gasteiger partial charge < -0.3 is 25.4 Å². The number of rotatable bonds is 7. The van der Waals surface area contributed by atoms with Crippen molar-refractivity contribution in [2.45, 2.75) is 25.3 Å². The van der Waals surface area contributed by atoms with E-state index in [2.05, 4.69) is 10.3 Å². The number of carbonyl (C=O) groups is 2. The number of aliphatic imine (C=N–C) groups is 1. The van der Waals surface area contributed by atoms with Crippen molar-refractivity contribution in [3.05, 3.63) is 11.5 Å². The molecule has 0 aromatic rings. The van der Waals surface area contributed by atoms with Gasteiger partial charge in [0.2, 0.25) is 0 Å². The van der Waals surface area contributed by atoms with E-state index in [1.165, 1.54) is 7.11 Å². The average Bonchev–Trinajstić information content (AvgIpc) is 2.41. The van der Waals surface area contributed by atoms with Crippen LogP contribution in [0, 0.1) is 0 Å². The van der Waals surface area contributed by atoms with Crippen LogP contribution in [0.3, 0.4) is 0 Å². The Morgan fingerprint density at radius 2 is 2.10 bits per heavy atom. The highest BCUT2D eigenvalue weighted by Gasteiger charge is 2.23. The summed E-state index contributed by atoms with van der Waals surface area (Å²) in [5.74, 6) is -1.87. The molecule has 0 radical (unpaired) electrons.